The molecule has 0 bridgehead atoms. The number of nitrogens with zero attached hydrogens (tertiary/aromatic N) is 2. The molecule has 0 spiro atoms. The van der Waals surface area contributed by atoms with Crippen LogP contribution >= 0.6 is 0 Å². The molecule has 2 atom stereocenters. The van der Waals surface area contributed by atoms with Gasteiger partial charge in [-0.2, -0.15) is 4.98 Å². The molecule has 0 amide bonds. The van der Waals surface area contributed by atoms with Gasteiger partial charge >= 0.3 is 0 Å². The SMILES string of the molecule is CCOC(CC)(CC)c1noc(C2CCCCC2N)n1. The van der Waals surface area contributed by atoms with Gasteiger partial charge in [-0.05, 0) is 32.6 Å². The minimum Gasteiger partial charge on any atom is -0.367 e. The smallest absolute Gasteiger partial charge is 0.231 e. The van der Waals surface area contributed by atoms with E-state index in [9.17, 15) is 0 Å². The van der Waals surface area contributed by atoms with Crippen molar-refractivity contribution >= 4 is 0 Å². The zero-order valence-corrected chi connectivity index (χ0v) is 12.9. The van der Waals surface area contributed by atoms with Crippen molar-refractivity contribution in [2.45, 2.75) is 76.9 Å². The highest BCUT2D eigenvalue weighted by atomic mass is 16.5. The summed E-state index contributed by atoms with van der Waals surface area (Å²) in [7, 11) is 0. The highest BCUT2D eigenvalue weighted by Gasteiger charge is 2.36. The zero-order chi connectivity index (χ0) is 14.6. The largest absolute Gasteiger partial charge is 0.367 e. The van der Waals surface area contributed by atoms with Gasteiger partial charge in [0.1, 0.15) is 5.60 Å². The first-order chi connectivity index (χ1) is 9.66. The first-order valence-electron chi connectivity index (χ1n) is 7.90. The van der Waals surface area contributed by atoms with Crippen LogP contribution in [0.15, 0.2) is 4.52 Å². The fourth-order valence-electron chi connectivity index (χ4n) is 3.15. The van der Waals surface area contributed by atoms with Gasteiger partial charge in [0, 0.05) is 12.6 Å². The summed E-state index contributed by atoms with van der Waals surface area (Å²) in [5.74, 6) is 1.58. The molecule has 1 aliphatic rings. The Labute approximate surface area is 121 Å². The van der Waals surface area contributed by atoms with Gasteiger partial charge in [0.05, 0.1) is 5.92 Å². The fraction of sp³-hybridized carbons (Fsp3) is 0.867. The quantitative estimate of drug-likeness (QED) is 0.867. The standard InChI is InChI=1S/C15H27N3O2/c1-4-15(5-2,19-6-3)14-17-13(20-18-14)11-9-7-8-10-12(11)16/h11-12H,4-10,16H2,1-3H3. The summed E-state index contributed by atoms with van der Waals surface area (Å²) in [6, 6.07) is 0.141. The summed E-state index contributed by atoms with van der Waals surface area (Å²) < 4.78 is 11.4. The van der Waals surface area contributed by atoms with Gasteiger partial charge in [0.25, 0.3) is 0 Å². The maximum atomic E-state index is 6.19. The number of aromatic nitrogens is 2. The second-order valence-corrected chi connectivity index (χ2v) is 5.65. The van der Waals surface area contributed by atoms with Crippen LogP contribution in [-0.2, 0) is 10.3 Å². The van der Waals surface area contributed by atoms with E-state index >= 15 is 0 Å². The molecule has 1 heterocycles. The highest BCUT2D eigenvalue weighted by molar-refractivity contribution is 5.06. The normalized spacial score (nSPS) is 24.0. The van der Waals surface area contributed by atoms with E-state index in [4.69, 9.17) is 15.0 Å². The van der Waals surface area contributed by atoms with Crippen LogP contribution in [-0.4, -0.2) is 22.8 Å². The van der Waals surface area contributed by atoms with Crippen LogP contribution in [0.2, 0.25) is 0 Å². The maximum Gasteiger partial charge on any atom is 0.231 e. The number of hydrogen-bond donors (Lipinski definition) is 1. The Morgan fingerprint density at radius 2 is 1.95 bits per heavy atom. The lowest BCUT2D eigenvalue weighted by Crippen LogP contribution is -2.32. The van der Waals surface area contributed by atoms with Crippen molar-refractivity contribution in [3.05, 3.63) is 11.7 Å². The average Bonchev–Trinajstić information content (AvgIpc) is 2.95. The second kappa shape index (κ2) is 6.68. The van der Waals surface area contributed by atoms with Crippen LogP contribution in [0.25, 0.3) is 0 Å². The van der Waals surface area contributed by atoms with Crippen LogP contribution in [0.1, 0.15) is 76.9 Å². The third kappa shape index (κ3) is 2.88. The summed E-state index contributed by atoms with van der Waals surface area (Å²) >= 11 is 0. The van der Waals surface area contributed by atoms with Crippen LogP contribution in [0.3, 0.4) is 0 Å². The number of rotatable bonds is 6. The first-order valence-corrected chi connectivity index (χ1v) is 7.90. The molecule has 0 radical (unpaired) electrons. The van der Waals surface area contributed by atoms with E-state index in [-0.39, 0.29) is 12.0 Å². The Morgan fingerprint density at radius 1 is 1.25 bits per heavy atom. The molecule has 2 rings (SSSR count). The Kier molecular flexibility index (Phi) is 5.16. The first kappa shape index (κ1) is 15.4. The molecular formula is C15H27N3O2. The van der Waals surface area contributed by atoms with E-state index in [2.05, 4.69) is 24.0 Å². The van der Waals surface area contributed by atoms with Crippen molar-refractivity contribution in [1.29, 1.82) is 0 Å². The van der Waals surface area contributed by atoms with Gasteiger partial charge in [-0.15, -0.1) is 0 Å². The summed E-state index contributed by atoms with van der Waals surface area (Å²) in [5.41, 5.74) is 5.77. The highest BCUT2D eigenvalue weighted by Crippen LogP contribution is 2.35. The van der Waals surface area contributed by atoms with Crippen molar-refractivity contribution < 1.29 is 9.26 Å². The molecule has 1 fully saturated rings. The lowest BCUT2D eigenvalue weighted by molar-refractivity contribution is -0.0583. The van der Waals surface area contributed by atoms with Crippen molar-refractivity contribution in [2.24, 2.45) is 5.73 Å². The van der Waals surface area contributed by atoms with Crippen molar-refractivity contribution in [3.63, 3.8) is 0 Å². The topological polar surface area (TPSA) is 74.2 Å². The fourth-order valence-corrected chi connectivity index (χ4v) is 3.15. The summed E-state index contributed by atoms with van der Waals surface area (Å²) in [5, 5.41) is 4.19. The van der Waals surface area contributed by atoms with Gasteiger partial charge < -0.3 is 15.0 Å². The summed E-state index contributed by atoms with van der Waals surface area (Å²) in [4.78, 5) is 4.63. The molecule has 20 heavy (non-hydrogen) atoms. The maximum absolute atomic E-state index is 6.19. The van der Waals surface area contributed by atoms with Crippen molar-refractivity contribution in [2.75, 3.05) is 6.61 Å². The molecule has 1 aliphatic carbocycles. The van der Waals surface area contributed by atoms with E-state index in [1.54, 1.807) is 0 Å². The molecule has 114 valence electrons. The summed E-state index contributed by atoms with van der Waals surface area (Å²) in [6.07, 6.45) is 6.16. The van der Waals surface area contributed by atoms with Gasteiger partial charge in [0.15, 0.2) is 0 Å². The Balaban J connectivity index is 2.22. The molecule has 0 aliphatic heterocycles. The van der Waals surface area contributed by atoms with Crippen LogP contribution in [0, 0.1) is 0 Å². The molecule has 1 saturated carbocycles. The summed E-state index contributed by atoms with van der Waals surface area (Å²) in [6.45, 7) is 6.84. The predicted molar refractivity (Wildman–Crippen MR) is 77.4 cm³/mol. The van der Waals surface area contributed by atoms with E-state index in [0.29, 0.717) is 18.3 Å². The third-order valence-electron chi connectivity index (χ3n) is 4.55. The number of hydrogen-bond acceptors (Lipinski definition) is 5. The molecule has 0 aromatic carbocycles. The number of ether oxygens (including phenoxy) is 1. The average molecular weight is 281 g/mol. The minimum atomic E-state index is -0.421. The molecule has 0 saturated heterocycles. The monoisotopic (exact) mass is 281 g/mol. The molecule has 5 heteroatoms. The van der Waals surface area contributed by atoms with Crippen LogP contribution in [0.4, 0.5) is 0 Å². The Hall–Kier alpha value is -0.940. The van der Waals surface area contributed by atoms with Gasteiger partial charge in [-0.25, -0.2) is 0 Å². The van der Waals surface area contributed by atoms with Crippen molar-refractivity contribution in [1.82, 2.24) is 10.1 Å². The minimum absolute atomic E-state index is 0.141. The van der Waals surface area contributed by atoms with E-state index in [1.807, 2.05) is 6.92 Å². The van der Waals surface area contributed by atoms with Crippen molar-refractivity contribution in [3.8, 4) is 0 Å². The third-order valence-corrected chi connectivity index (χ3v) is 4.55. The Morgan fingerprint density at radius 3 is 2.55 bits per heavy atom. The van der Waals surface area contributed by atoms with E-state index in [1.165, 1.54) is 12.8 Å². The molecular weight excluding hydrogens is 254 g/mol. The predicted octanol–water partition coefficient (Wildman–Crippen LogP) is 3.11. The lowest BCUT2D eigenvalue weighted by atomic mass is 9.85. The molecule has 2 unspecified atom stereocenters. The van der Waals surface area contributed by atoms with Crippen LogP contribution < -0.4 is 5.73 Å². The van der Waals surface area contributed by atoms with E-state index in [0.717, 1.165) is 25.7 Å². The van der Waals surface area contributed by atoms with Gasteiger partial charge in [-0.3, -0.25) is 0 Å². The number of nitrogens with two attached hydrogens (primary N) is 1. The zero-order valence-electron chi connectivity index (χ0n) is 12.9. The molecule has 5 nitrogen and oxygen atoms in total. The van der Waals surface area contributed by atoms with Gasteiger partial charge in [-0.1, -0.05) is 31.8 Å². The lowest BCUT2D eigenvalue weighted by Gasteiger charge is -2.28. The molecule has 1 aromatic heterocycles. The Bertz CT molecular complexity index is 415. The molecule has 2 N–H and O–H groups in total. The van der Waals surface area contributed by atoms with E-state index < -0.39 is 5.60 Å². The van der Waals surface area contributed by atoms with Crippen LogP contribution in [0.5, 0.6) is 0 Å². The molecule has 1 aromatic rings. The second-order valence-electron chi connectivity index (χ2n) is 5.65. The van der Waals surface area contributed by atoms with Gasteiger partial charge in [0.2, 0.25) is 11.7 Å².